The summed E-state index contributed by atoms with van der Waals surface area (Å²) in [7, 11) is 5.03. The zero-order valence-corrected chi connectivity index (χ0v) is 26.7. The molecule has 0 spiro atoms. The first-order chi connectivity index (χ1) is 21.8. The molecule has 2 N–H and O–H groups in total. The number of amides is 2. The van der Waals surface area contributed by atoms with E-state index < -0.39 is 23.5 Å². The summed E-state index contributed by atoms with van der Waals surface area (Å²) in [5, 5.41) is 6.08. The lowest BCUT2D eigenvalue weighted by molar-refractivity contribution is -0.0938. The summed E-state index contributed by atoms with van der Waals surface area (Å²) < 4.78 is 59.4. The second kappa shape index (κ2) is 14.7. The molecule has 248 valence electrons. The van der Waals surface area contributed by atoms with Crippen molar-refractivity contribution in [3.8, 4) is 17.2 Å². The van der Waals surface area contributed by atoms with Crippen LogP contribution in [0, 0.1) is 0 Å². The van der Waals surface area contributed by atoms with E-state index in [9.17, 15) is 22.8 Å². The van der Waals surface area contributed by atoms with Crippen molar-refractivity contribution < 1.29 is 37.0 Å². The van der Waals surface area contributed by atoms with E-state index in [1.807, 2.05) is 7.05 Å². The third-order valence-corrected chi connectivity index (χ3v) is 7.93. The van der Waals surface area contributed by atoms with E-state index >= 15 is 0 Å². The van der Waals surface area contributed by atoms with Crippen molar-refractivity contribution in [3.63, 3.8) is 0 Å². The average Bonchev–Trinajstić information content (AvgIpc) is 3.17. The summed E-state index contributed by atoms with van der Waals surface area (Å²) in [5.74, 6) is -1.20. The van der Waals surface area contributed by atoms with Gasteiger partial charge in [-0.15, -0.1) is 0 Å². The Bertz CT molecular complexity index is 1530. The van der Waals surface area contributed by atoms with Gasteiger partial charge in [0.05, 0.1) is 24.9 Å². The minimum Gasteiger partial charge on any atom is -0.495 e. The standard InChI is InChI=1S/C33H40F3N5O5/c1-7-20(2)29(38-24-12-11-22(19-27(24)44-6)30(42)37-23-13-15-40(4)16-14-23)39-31(21(3)33(34,35)36)46-26-10-8-9-25-28(26)32(43)41(5)17-18-45-25/h8-12,19,23H,2,7,13-18H2,1,3-6H3,(H,37,42)(H,38,39)/b31-21-. The number of amidine groups is 1. The Kier molecular flexibility index (Phi) is 11.0. The zero-order chi connectivity index (χ0) is 33.6. The van der Waals surface area contributed by atoms with Gasteiger partial charge in [0.2, 0.25) is 5.88 Å². The third-order valence-electron chi connectivity index (χ3n) is 7.93. The number of piperidine rings is 1. The Balaban J connectivity index is 1.69. The van der Waals surface area contributed by atoms with Crippen LogP contribution in [0.4, 0.5) is 18.9 Å². The van der Waals surface area contributed by atoms with Crippen molar-refractivity contribution in [1.29, 1.82) is 0 Å². The number of likely N-dealkylation sites (N-methyl/N-ethyl adjacent to an activating group) is 1. The number of rotatable bonds is 9. The first kappa shape index (κ1) is 34.4. The minimum atomic E-state index is -4.80. The lowest BCUT2D eigenvalue weighted by Gasteiger charge is -2.29. The maximum absolute atomic E-state index is 14.1. The number of alkyl halides is 3. The van der Waals surface area contributed by atoms with Gasteiger partial charge in [0.25, 0.3) is 11.8 Å². The van der Waals surface area contributed by atoms with E-state index in [-0.39, 0.29) is 47.2 Å². The SMILES string of the molecule is C=C(CC)C(=N/C(Oc1cccc2c1C(=O)N(C)CCO2)=C(\C)C(F)(F)F)Nc1ccc(C(=O)NC2CCN(C)CC2)cc1OC. The van der Waals surface area contributed by atoms with E-state index in [4.69, 9.17) is 14.2 Å². The number of carbonyl (C=O) groups is 2. The van der Waals surface area contributed by atoms with Crippen molar-refractivity contribution in [3.05, 3.63) is 71.1 Å². The van der Waals surface area contributed by atoms with E-state index in [1.165, 1.54) is 24.1 Å². The smallest absolute Gasteiger partial charge is 0.417 e. The van der Waals surface area contributed by atoms with E-state index in [2.05, 4.69) is 27.1 Å². The highest BCUT2D eigenvalue weighted by Crippen LogP contribution is 2.36. The zero-order valence-electron chi connectivity index (χ0n) is 26.7. The van der Waals surface area contributed by atoms with Crippen LogP contribution in [-0.2, 0) is 0 Å². The molecule has 0 radical (unpaired) electrons. The van der Waals surface area contributed by atoms with Crippen LogP contribution in [0.25, 0.3) is 0 Å². The Morgan fingerprint density at radius 2 is 1.85 bits per heavy atom. The number of allylic oxidation sites excluding steroid dienone is 1. The number of nitrogens with one attached hydrogen (secondary N) is 2. The average molecular weight is 644 g/mol. The fraction of sp³-hybridized carbons (Fsp3) is 0.424. The lowest BCUT2D eigenvalue weighted by atomic mass is 10.0. The molecule has 2 heterocycles. The monoisotopic (exact) mass is 643 g/mol. The van der Waals surface area contributed by atoms with Gasteiger partial charge in [-0.3, -0.25) is 9.59 Å². The number of likely N-dealkylation sites (tertiary alicyclic amines) is 1. The number of nitrogens with zero attached hydrogens (tertiary/aromatic N) is 3. The molecular formula is C33H40F3N5O5. The van der Waals surface area contributed by atoms with Crippen LogP contribution in [0.3, 0.4) is 0 Å². The number of hydrogen-bond acceptors (Lipinski definition) is 7. The maximum Gasteiger partial charge on any atom is 0.417 e. The fourth-order valence-electron chi connectivity index (χ4n) is 4.87. The topological polar surface area (TPSA) is 105 Å². The maximum atomic E-state index is 14.1. The molecule has 0 saturated carbocycles. The molecule has 1 fully saturated rings. The summed E-state index contributed by atoms with van der Waals surface area (Å²) in [5.41, 5.74) is -0.0587. The van der Waals surface area contributed by atoms with Crippen molar-refractivity contribution in [2.75, 3.05) is 52.8 Å². The largest absolute Gasteiger partial charge is 0.495 e. The molecule has 2 aromatic carbocycles. The van der Waals surface area contributed by atoms with Gasteiger partial charge < -0.3 is 34.6 Å². The number of aliphatic imine (C=N–C) groups is 1. The van der Waals surface area contributed by atoms with Crippen LogP contribution in [0.15, 0.2) is 65.0 Å². The third kappa shape index (κ3) is 8.19. The van der Waals surface area contributed by atoms with Gasteiger partial charge in [0, 0.05) is 18.7 Å². The summed E-state index contributed by atoms with van der Waals surface area (Å²) in [6.45, 7) is 8.89. The summed E-state index contributed by atoms with van der Waals surface area (Å²) in [6, 6.07) is 9.26. The molecule has 0 atom stereocenters. The molecule has 1 saturated heterocycles. The predicted molar refractivity (Wildman–Crippen MR) is 170 cm³/mol. The molecular weight excluding hydrogens is 603 g/mol. The minimum absolute atomic E-state index is 0.00946. The number of halogens is 3. The first-order valence-electron chi connectivity index (χ1n) is 15.0. The van der Waals surface area contributed by atoms with Crippen molar-refractivity contribution >= 4 is 23.3 Å². The molecule has 2 aliphatic heterocycles. The molecule has 4 rings (SSSR count). The fourth-order valence-corrected chi connectivity index (χ4v) is 4.87. The summed E-state index contributed by atoms with van der Waals surface area (Å²) >= 11 is 0. The Hall–Kier alpha value is -4.52. The number of hydrogen-bond donors (Lipinski definition) is 2. The van der Waals surface area contributed by atoms with Crippen LogP contribution in [0.5, 0.6) is 17.2 Å². The van der Waals surface area contributed by atoms with E-state index in [0.717, 1.165) is 32.9 Å². The van der Waals surface area contributed by atoms with Crippen LogP contribution < -0.4 is 24.8 Å². The highest BCUT2D eigenvalue weighted by molar-refractivity contribution is 6.09. The van der Waals surface area contributed by atoms with Gasteiger partial charge in [0.1, 0.15) is 35.3 Å². The lowest BCUT2D eigenvalue weighted by Crippen LogP contribution is -2.43. The van der Waals surface area contributed by atoms with Gasteiger partial charge in [-0.2, -0.15) is 18.2 Å². The molecule has 2 aliphatic rings. The van der Waals surface area contributed by atoms with Crippen molar-refractivity contribution in [1.82, 2.24) is 15.1 Å². The Labute approximate surface area is 266 Å². The van der Waals surface area contributed by atoms with E-state index in [1.54, 1.807) is 38.2 Å². The van der Waals surface area contributed by atoms with Crippen molar-refractivity contribution in [2.45, 2.75) is 45.3 Å². The first-order valence-corrected chi connectivity index (χ1v) is 15.0. The Morgan fingerprint density at radius 3 is 2.50 bits per heavy atom. The van der Waals surface area contributed by atoms with Gasteiger partial charge in [0.15, 0.2) is 0 Å². The molecule has 0 bridgehead atoms. The highest BCUT2D eigenvalue weighted by Gasteiger charge is 2.36. The van der Waals surface area contributed by atoms with Gasteiger partial charge in [-0.25, -0.2) is 0 Å². The number of fused-ring (bicyclic) bond motifs is 1. The highest BCUT2D eigenvalue weighted by atomic mass is 19.4. The quantitative estimate of drug-likeness (QED) is 0.207. The van der Waals surface area contributed by atoms with E-state index in [0.29, 0.717) is 29.8 Å². The van der Waals surface area contributed by atoms with Crippen LogP contribution in [-0.4, -0.2) is 87.1 Å². The van der Waals surface area contributed by atoms with Gasteiger partial charge in [-0.1, -0.05) is 19.6 Å². The molecule has 0 aromatic heterocycles. The Morgan fingerprint density at radius 1 is 1.13 bits per heavy atom. The molecule has 13 heteroatoms. The molecule has 2 aromatic rings. The number of carbonyl (C=O) groups excluding carboxylic acids is 2. The van der Waals surface area contributed by atoms with Crippen molar-refractivity contribution in [2.24, 2.45) is 4.99 Å². The molecule has 10 nitrogen and oxygen atoms in total. The van der Waals surface area contributed by atoms with Gasteiger partial charge >= 0.3 is 6.18 Å². The number of anilines is 1. The second-order valence-electron chi connectivity index (χ2n) is 11.2. The summed E-state index contributed by atoms with van der Waals surface area (Å²) in [4.78, 5) is 34.0. The molecule has 46 heavy (non-hydrogen) atoms. The number of benzene rings is 2. The predicted octanol–water partition coefficient (Wildman–Crippen LogP) is 5.63. The van der Waals surface area contributed by atoms with Crippen LogP contribution in [0.2, 0.25) is 0 Å². The second-order valence-corrected chi connectivity index (χ2v) is 11.2. The van der Waals surface area contributed by atoms with Gasteiger partial charge in [-0.05, 0) is 82.2 Å². The number of methoxy groups -OCH3 is 1. The number of ether oxygens (including phenoxy) is 3. The van der Waals surface area contributed by atoms with Crippen LogP contribution in [0.1, 0.15) is 53.8 Å². The van der Waals surface area contributed by atoms with Crippen LogP contribution >= 0.6 is 0 Å². The molecule has 0 unspecified atom stereocenters. The summed E-state index contributed by atoms with van der Waals surface area (Å²) in [6.07, 6.45) is -2.78. The molecule has 2 amide bonds. The normalized spacial score (nSPS) is 16.9. The molecule has 0 aliphatic carbocycles.